The number of nitrogens with one attached hydrogen (secondary N) is 1. The van der Waals surface area contributed by atoms with Crippen LogP contribution in [0.15, 0.2) is 138 Å². The van der Waals surface area contributed by atoms with Gasteiger partial charge in [0, 0.05) is 17.3 Å². The molecule has 0 saturated carbocycles. The fraction of sp³-hybridized carbons (Fsp3) is 0.189. The van der Waals surface area contributed by atoms with E-state index in [0.29, 0.717) is 17.6 Å². The maximum atomic E-state index is 14.1. The molecule has 1 unspecified atom stereocenters. The Hall–Kier alpha value is -4.78. The molecule has 0 aliphatic carbocycles. The zero-order chi connectivity index (χ0) is 32.7. The molecule has 1 atom stereocenters. The maximum Gasteiger partial charge on any atom is 0.336 e. The van der Waals surface area contributed by atoms with Crippen molar-refractivity contribution < 1.29 is 36.4 Å². The van der Waals surface area contributed by atoms with Crippen LogP contribution in [0.3, 0.4) is 0 Å². The van der Waals surface area contributed by atoms with Crippen LogP contribution >= 0.6 is 7.26 Å². The predicted octanol–water partition coefficient (Wildman–Crippen LogP) is 2.93. The zero-order valence-electron chi connectivity index (χ0n) is 26.4. The third kappa shape index (κ3) is 6.99. The number of benzene rings is 4. The summed E-state index contributed by atoms with van der Waals surface area (Å²) in [5, 5.41) is 19.0. The molecule has 0 spiro atoms. The summed E-state index contributed by atoms with van der Waals surface area (Å²) in [4.78, 5) is 39.6. The molecular formula is C37H36ClN2O6P. The summed E-state index contributed by atoms with van der Waals surface area (Å²) in [7, 11) is -2.55. The molecule has 242 valence electrons. The number of halogens is 1. The van der Waals surface area contributed by atoms with Gasteiger partial charge in [-0.05, 0) is 57.2 Å². The fourth-order valence-corrected chi connectivity index (χ4v) is 10.4. The number of nitro groups is 1. The zero-order valence-corrected chi connectivity index (χ0v) is 28.0. The highest BCUT2D eigenvalue weighted by molar-refractivity contribution is 7.95. The van der Waals surface area contributed by atoms with Crippen LogP contribution in [-0.4, -0.2) is 36.2 Å². The number of ether oxygens (including phenoxy) is 2. The predicted molar refractivity (Wildman–Crippen MR) is 182 cm³/mol. The average Bonchev–Trinajstić information content (AvgIpc) is 3.08. The van der Waals surface area contributed by atoms with Crippen LogP contribution in [0.1, 0.15) is 32.3 Å². The lowest BCUT2D eigenvalue weighted by Gasteiger charge is -2.34. The number of allylic oxidation sites excluding steroid dienone is 2. The van der Waals surface area contributed by atoms with Gasteiger partial charge in [-0.3, -0.25) is 10.1 Å². The van der Waals surface area contributed by atoms with Gasteiger partial charge in [0.2, 0.25) is 0 Å². The Labute approximate surface area is 281 Å². The number of hydrogen-bond donors (Lipinski definition) is 1. The number of esters is 2. The van der Waals surface area contributed by atoms with E-state index in [4.69, 9.17) is 9.47 Å². The molecule has 10 heteroatoms. The molecule has 8 nitrogen and oxygen atoms in total. The van der Waals surface area contributed by atoms with E-state index in [-0.39, 0.29) is 48.0 Å². The Morgan fingerprint density at radius 1 is 0.723 bits per heavy atom. The molecule has 1 N–H and O–H groups in total. The van der Waals surface area contributed by atoms with Crippen molar-refractivity contribution in [2.75, 3.05) is 19.4 Å². The lowest BCUT2D eigenvalue weighted by molar-refractivity contribution is -0.385. The average molecular weight is 671 g/mol. The molecule has 1 heterocycles. The second-order valence-corrected chi connectivity index (χ2v) is 14.2. The van der Waals surface area contributed by atoms with Gasteiger partial charge in [-0.15, -0.1) is 0 Å². The third-order valence-corrected chi connectivity index (χ3v) is 12.4. The Morgan fingerprint density at radius 3 is 1.60 bits per heavy atom. The summed E-state index contributed by atoms with van der Waals surface area (Å²) in [5.41, 5.74) is 1.28. The number of carbonyl (C=O) groups is 2. The van der Waals surface area contributed by atoms with E-state index in [2.05, 4.69) is 41.7 Å². The van der Waals surface area contributed by atoms with Crippen LogP contribution in [0.4, 0.5) is 5.69 Å². The number of dihydropyridines is 1. The molecular weight excluding hydrogens is 635 g/mol. The van der Waals surface area contributed by atoms with Crippen LogP contribution < -0.4 is 33.6 Å². The number of hydrogen-bond acceptors (Lipinski definition) is 7. The number of rotatable bonds is 11. The van der Waals surface area contributed by atoms with Crippen molar-refractivity contribution in [2.24, 2.45) is 0 Å². The van der Waals surface area contributed by atoms with Crippen molar-refractivity contribution in [3.63, 3.8) is 0 Å². The summed E-state index contributed by atoms with van der Waals surface area (Å²) in [5.74, 6) is -2.43. The molecule has 1 aliphatic rings. The highest BCUT2D eigenvalue weighted by atomic mass is 35.5. The van der Waals surface area contributed by atoms with E-state index < -0.39 is 30.0 Å². The van der Waals surface area contributed by atoms with Crippen LogP contribution in [0.25, 0.3) is 0 Å². The Bertz CT molecular complexity index is 1700. The summed E-state index contributed by atoms with van der Waals surface area (Å²) < 4.78 is 11.1. The summed E-state index contributed by atoms with van der Waals surface area (Å²) in [6.07, 6.45) is 0.351. The molecule has 0 amide bonds. The topological polar surface area (TPSA) is 108 Å². The molecule has 4 aromatic rings. The van der Waals surface area contributed by atoms with E-state index >= 15 is 0 Å². The smallest absolute Gasteiger partial charge is 0.336 e. The Kier molecular flexibility index (Phi) is 11.7. The molecule has 0 aromatic heterocycles. The highest BCUT2D eigenvalue weighted by Gasteiger charge is 2.50. The van der Waals surface area contributed by atoms with Crippen molar-refractivity contribution in [3.05, 3.63) is 153 Å². The molecule has 0 bridgehead atoms. The quantitative estimate of drug-likeness (QED) is 0.113. The summed E-state index contributed by atoms with van der Waals surface area (Å²) in [6, 6.07) is 36.8. The SMILES string of the molecule is CCOC(=O)C1=C(C)NC(C[P+](c2ccccc2)(c2ccccc2)c2ccccc2)=C(C(=O)OCC)C1c1ccccc1[N+](=O)[O-].[Cl-]. The van der Waals surface area contributed by atoms with E-state index in [1.165, 1.54) is 6.07 Å². The number of carbonyl (C=O) groups excluding carboxylic acids is 2. The largest absolute Gasteiger partial charge is 1.00 e. The van der Waals surface area contributed by atoms with Gasteiger partial charge < -0.3 is 27.2 Å². The fourth-order valence-electron chi connectivity index (χ4n) is 6.17. The highest BCUT2D eigenvalue weighted by Crippen LogP contribution is 2.58. The standard InChI is InChI=1S/C37H35N2O6P.ClH/c1-4-44-36(40)33-26(3)38-31(35(37(41)45-5-2)34(33)30-23-15-16-24-32(30)39(42)43)25-46(27-17-9-6-10-18-27,28-19-11-7-12-20-28)29-21-13-8-14-22-29;/h6-24,34H,4-5,25H2,1-3H3;1H. The van der Waals surface area contributed by atoms with E-state index in [9.17, 15) is 19.7 Å². The lowest BCUT2D eigenvalue weighted by Crippen LogP contribution is -3.00. The first-order valence-corrected chi connectivity index (χ1v) is 17.1. The van der Waals surface area contributed by atoms with E-state index in [1.807, 2.05) is 54.6 Å². The van der Waals surface area contributed by atoms with Gasteiger partial charge in [-0.2, -0.15) is 0 Å². The molecule has 0 fully saturated rings. The van der Waals surface area contributed by atoms with Crippen LogP contribution in [0, 0.1) is 10.1 Å². The lowest BCUT2D eigenvalue weighted by atomic mass is 9.79. The van der Waals surface area contributed by atoms with Gasteiger partial charge in [0.05, 0.1) is 40.9 Å². The van der Waals surface area contributed by atoms with Gasteiger partial charge >= 0.3 is 11.9 Å². The first-order valence-electron chi connectivity index (χ1n) is 15.2. The van der Waals surface area contributed by atoms with Gasteiger partial charge in [-0.25, -0.2) is 9.59 Å². The van der Waals surface area contributed by atoms with Gasteiger partial charge in [-0.1, -0.05) is 72.8 Å². The van der Waals surface area contributed by atoms with E-state index in [1.54, 1.807) is 39.0 Å². The molecule has 5 rings (SSSR count). The van der Waals surface area contributed by atoms with Crippen molar-refractivity contribution >= 4 is 40.8 Å². The van der Waals surface area contributed by atoms with Crippen molar-refractivity contribution in [3.8, 4) is 0 Å². The second kappa shape index (κ2) is 15.7. The van der Waals surface area contributed by atoms with Gasteiger partial charge in [0.1, 0.15) is 29.3 Å². The Balaban J connectivity index is 0.00000500. The van der Waals surface area contributed by atoms with Crippen LogP contribution in [0.5, 0.6) is 0 Å². The van der Waals surface area contributed by atoms with Crippen LogP contribution in [0.2, 0.25) is 0 Å². The minimum atomic E-state index is -2.55. The van der Waals surface area contributed by atoms with Gasteiger partial charge in [0.25, 0.3) is 5.69 Å². The summed E-state index contributed by atoms with van der Waals surface area (Å²) >= 11 is 0. The van der Waals surface area contributed by atoms with Crippen molar-refractivity contribution in [1.82, 2.24) is 5.32 Å². The minimum Gasteiger partial charge on any atom is -1.00 e. The number of nitro benzene ring substituents is 1. The first-order chi connectivity index (χ1) is 22.3. The normalized spacial score (nSPS) is 14.5. The van der Waals surface area contributed by atoms with E-state index in [0.717, 1.165) is 15.9 Å². The first kappa shape index (κ1) is 35.1. The van der Waals surface area contributed by atoms with Gasteiger partial charge in [0.15, 0.2) is 0 Å². The van der Waals surface area contributed by atoms with Crippen molar-refractivity contribution in [2.45, 2.75) is 26.7 Å². The Morgan fingerprint density at radius 2 is 1.15 bits per heavy atom. The van der Waals surface area contributed by atoms with Crippen LogP contribution in [-0.2, 0) is 19.1 Å². The number of para-hydroxylation sites is 1. The number of nitrogens with zero attached hydrogens (tertiary/aromatic N) is 1. The maximum absolute atomic E-state index is 14.1. The molecule has 0 radical (unpaired) electrons. The molecule has 0 saturated heterocycles. The van der Waals surface area contributed by atoms with Crippen molar-refractivity contribution in [1.29, 1.82) is 0 Å². The second-order valence-electron chi connectivity index (χ2n) is 10.7. The molecule has 1 aliphatic heterocycles. The monoisotopic (exact) mass is 670 g/mol. The third-order valence-electron chi connectivity index (χ3n) is 8.07. The molecule has 47 heavy (non-hydrogen) atoms. The minimum absolute atomic E-state index is 0. The summed E-state index contributed by atoms with van der Waals surface area (Å²) in [6.45, 7) is 5.30. The molecule has 4 aromatic carbocycles.